The van der Waals surface area contributed by atoms with Crippen molar-refractivity contribution >= 4 is 17.7 Å². The summed E-state index contributed by atoms with van der Waals surface area (Å²) in [6, 6.07) is 25.1. The highest BCUT2D eigenvalue weighted by Crippen LogP contribution is 2.24. The molecule has 0 saturated carbocycles. The molecule has 1 amide bonds. The van der Waals surface area contributed by atoms with E-state index in [1.165, 1.54) is 11.6 Å². The summed E-state index contributed by atoms with van der Waals surface area (Å²) in [7, 11) is 1.62. The molecular formula is C24H23NO3. The lowest BCUT2D eigenvalue weighted by Crippen LogP contribution is -2.10. The number of rotatable bonds is 8. The minimum absolute atomic E-state index is 0.213. The molecule has 0 bridgehead atoms. The topological polar surface area (TPSA) is 47.6 Å². The average molecular weight is 373 g/mol. The maximum atomic E-state index is 12.3. The van der Waals surface area contributed by atoms with Crippen LogP contribution in [0.15, 0.2) is 84.9 Å². The van der Waals surface area contributed by atoms with Gasteiger partial charge in [0.05, 0.1) is 19.4 Å². The lowest BCUT2D eigenvalue weighted by atomic mass is 10.2. The van der Waals surface area contributed by atoms with E-state index in [-0.39, 0.29) is 5.91 Å². The van der Waals surface area contributed by atoms with Crippen LogP contribution >= 0.6 is 0 Å². The largest absolute Gasteiger partial charge is 0.497 e. The lowest BCUT2D eigenvalue weighted by Gasteiger charge is -2.11. The van der Waals surface area contributed by atoms with E-state index in [4.69, 9.17) is 9.47 Å². The highest BCUT2D eigenvalue weighted by Gasteiger charge is 2.05. The lowest BCUT2D eigenvalue weighted by molar-refractivity contribution is -0.111. The van der Waals surface area contributed by atoms with E-state index in [0.717, 1.165) is 17.7 Å². The number of para-hydroxylation sites is 2. The third-order valence-electron chi connectivity index (χ3n) is 4.18. The van der Waals surface area contributed by atoms with E-state index in [2.05, 4.69) is 17.4 Å². The second-order valence-electron chi connectivity index (χ2n) is 6.18. The van der Waals surface area contributed by atoms with Crippen molar-refractivity contribution in [3.63, 3.8) is 0 Å². The second-order valence-corrected chi connectivity index (χ2v) is 6.18. The van der Waals surface area contributed by atoms with Gasteiger partial charge in [-0.15, -0.1) is 0 Å². The number of hydrogen-bond acceptors (Lipinski definition) is 3. The molecule has 3 rings (SSSR count). The highest BCUT2D eigenvalue weighted by atomic mass is 16.5. The van der Waals surface area contributed by atoms with E-state index in [0.29, 0.717) is 18.0 Å². The monoisotopic (exact) mass is 373 g/mol. The van der Waals surface area contributed by atoms with Crippen molar-refractivity contribution in [2.75, 3.05) is 19.0 Å². The highest BCUT2D eigenvalue weighted by molar-refractivity contribution is 6.02. The molecule has 0 fully saturated rings. The van der Waals surface area contributed by atoms with Gasteiger partial charge < -0.3 is 14.8 Å². The Hall–Kier alpha value is -3.53. The van der Waals surface area contributed by atoms with Crippen LogP contribution in [0.5, 0.6) is 11.5 Å². The fraction of sp³-hybridized carbons (Fsp3) is 0.125. The molecule has 0 atom stereocenters. The van der Waals surface area contributed by atoms with Crippen LogP contribution < -0.4 is 14.8 Å². The Morgan fingerprint density at radius 1 is 0.929 bits per heavy atom. The van der Waals surface area contributed by atoms with Crippen LogP contribution in [0.25, 0.3) is 6.08 Å². The Morgan fingerprint density at radius 2 is 1.64 bits per heavy atom. The maximum Gasteiger partial charge on any atom is 0.248 e. The van der Waals surface area contributed by atoms with Crippen molar-refractivity contribution in [2.45, 2.75) is 6.42 Å². The summed E-state index contributed by atoms with van der Waals surface area (Å²) in [6.45, 7) is 0.540. The van der Waals surface area contributed by atoms with E-state index in [1.54, 1.807) is 13.2 Å². The van der Waals surface area contributed by atoms with Gasteiger partial charge in [-0.2, -0.15) is 0 Å². The molecule has 3 aromatic rings. The summed E-state index contributed by atoms with van der Waals surface area (Å²) in [5, 5.41) is 2.88. The van der Waals surface area contributed by atoms with Gasteiger partial charge in [0.2, 0.25) is 5.91 Å². The van der Waals surface area contributed by atoms with Crippen molar-refractivity contribution in [1.29, 1.82) is 0 Å². The number of amides is 1. The molecule has 3 aromatic carbocycles. The predicted molar refractivity (Wildman–Crippen MR) is 113 cm³/mol. The molecule has 0 aromatic heterocycles. The van der Waals surface area contributed by atoms with Crippen LogP contribution in [0.3, 0.4) is 0 Å². The van der Waals surface area contributed by atoms with E-state index >= 15 is 0 Å². The number of carbonyl (C=O) groups excluding carboxylic acids is 1. The third-order valence-corrected chi connectivity index (χ3v) is 4.18. The van der Waals surface area contributed by atoms with Gasteiger partial charge in [0.1, 0.15) is 11.5 Å². The van der Waals surface area contributed by atoms with Crippen molar-refractivity contribution < 1.29 is 14.3 Å². The summed E-state index contributed by atoms with van der Waals surface area (Å²) in [6.07, 6.45) is 4.07. The first-order valence-corrected chi connectivity index (χ1v) is 9.13. The Labute approximate surface area is 165 Å². The Balaban J connectivity index is 1.57. The van der Waals surface area contributed by atoms with Crippen molar-refractivity contribution in [1.82, 2.24) is 0 Å². The van der Waals surface area contributed by atoms with Gasteiger partial charge in [0.15, 0.2) is 0 Å². The second kappa shape index (κ2) is 9.97. The molecule has 0 radical (unpaired) electrons. The summed E-state index contributed by atoms with van der Waals surface area (Å²) in [5.41, 5.74) is 2.79. The van der Waals surface area contributed by atoms with Gasteiger partial charge in [-0.25, -0.2) is 0 Å². The Morgan fingerprint density at radius 3 is 2.39 bits per heavy atom. The number of methoxy groups -OCH3 is 1. The van der Waals surface area contributed by atoms with Crippen LogP contribution in [-0.2, 0) is 11.2 Å². The smallest absolute Gasteiger partial charge is 0.248 e. The standard InChI is InChI=1S/C24H23NO3/c1-27-21-14-11-20(12-15-21)13-16-24(26)25-22-9-5-6-10-23(22)28-18-17-19-7-3-2-4-8-19/h2-16H,17-18H2,1H3,(H,25,26)/b16-13+. The maximum absolute atomic E-state index is 12.3. The Bertz CT molecular complexity index is 918. The van der Waals surface area contributed by atoms with Gasteiger partial charge >= 0.3 is 0 Å². The number of carbonyl (C=O) groups is 1. The van der Waals surface area contributed by atoms with E-state index in [9.17, 15) is 4.79 Å². The van der Waals surface area contributed by atoms with Gasteiger partial charge in [-0.3, -0.25) is 4.79 Å². The first kappa shape index (κ1) is 19.2. The molecule has 142 valence electrons. The number of hydrogen-bond donors (Lipinski definition) is 1. The molecule has 0 aliphatic heterocycles. The number of anilines is 1. The molecule has 28 heavy (non-hydrogen) atoms. The zero-order valence-corrected chi connectivity index (χ0v) is 15.8. The van der Waals surface area contributed by atoms with E-state index < -0.39 is 0 Å². The predicted octanol–water partition coefficient (Wildman–Crippen LogP) is 4.97. The summed E-state index contributed by atoms with van der Waals surface area (Å²) in [4.78, 5) is 12.3. The van der Waals surface area contributed by atoms with E-state index in [1.807, 2.05) is 66.7 Å². The van der Waals surface area contributed by atoms with Crippen molar-refractivity contribution in [2.24, 2.45) is 0 Å². The van der Waals surface area contributed by atoms with Crippen LogP contribution in [0.1, 0.15) is 11.1 Å². The molecule has 0 unspecified atom stereocenters. The zero-order valence-electron chi connectivity index (χ0n) is 15.8. The summed E-state index contributed by atoms with van der Waals surface area (Å²) in [5.74, 6) is 1.22. The zero-order chi connectivity index (χ0) is 19.6. The number of ether oxygens (including phenoxy) is 2. The fourth-order valence-electron chi connectivity index (χ4n) is 2.68. The van der Waals surface area contributed by atoms with Crippen molar-refractivity contribution in [3.05, 3.63) is 96.1 Å². The van der Waals surface area contributed by atoms with Crippen LogP contribution in [0.4, 0.5) is 5.69 Å². The molecule has 0 aliphatic rings. The molecular weight excluding hydrogens is 350 g/mol. The summed E-state index contributed by atoms with van der Waals surface area (Å²) >= 11 is 0. The minimum Gasteiger partial charge on any atom is -0.497 e. The number of nitrogens with one attached hydrogen (secondary N) is 1. The first-order valence-electron chi connectivity index (χ1n) is 9.13. The number of benzene rings is 3. The normalized spacial score (nSPS) is 10.6. The molecule has 1 N–H and O–H groups in total. The van der Waals surface area contributed by atoms with Gasteiger partial charge in [-0.1, -0.05) is 54.6 Å². The molecule has 0 saturated heterocycles. The van der Waals surface area contributed by atoms with Crippen LogP contribution in [0.2, 0.25) is 0 Å². The molecule has 0 aliphatic carbocycles. The quantitative estimate of drug-likeness (QED) is 0.567. The molecule has 0 spiro atoms. The third kappa shape index (κ3) is 5.74. The van der Waals surface area contributed by atoms with Crippen LogP contribution in [0, 0.1) is 0 Å². The van der Waals surface area contributed by atoms with Gasteiger partial charge in [0, 0.05) is 12.5 Å². The Kier molecular flexibility index (Phi) is 6.85. The first-order chi connectivity index (χ1) is 13.7. The average Bonchev–Trinajstić information content (AvgIpc) is 2.74. The van der Waals surface area contributed by atoms with Gasteiger partial charge in [-0.05, 0) is 41.5 Å². The van der Waals surface area contributed by atoms with Gasteiger partial charge in [0.25, 0.3) is 0 Å². The molecule has 0 heterocycles. The fourth-order valence-corrected chi connectivity index (χ4v) is 2.68. The SMILES string of the molecule is COc1ccc(/C=C/C(=O)Nc2ccccc2OCCc2ccccc2)cc1. The minimum atomic E-state index is -0.213. The van der Waals surface area contributed by atoms with Crippen molar-refractivity contribution in [3.8, 4) is 11.5 Å². The molecule has 4 heteroatoms. The molecule has 4 nitrogen and oxygen atoms in total. The summed E-state index contributed by atoms with van der Waals surface area (Å²) < 4.78 is 11.0. The van der Waals surface area contributed by atoms with Crippen LogP contribution in [-0.4, -0.2) is 19.6 Å².